The van der Waals surface area contributed by atoms with Gasteiger partial charge in [0.1, 0.15) is 0 Å². The summed E-state index contributed by atoms with van der Waals surface area (Å²) in [7, 11) is 0. The summed E-state index contributed by atoms with van der Waals surface area (Å²) >= 11 is 1.62. The van der Waals surface area contributed by atoms with E-state index in [4.69, 9.17) is 4.52 Å². The van der Waals surface area contributed by atoms with Crippen LogP contribution in [0.3, 0.4) is 0 Å². The minimum Gasteiger partial charge on any atom is -0.356 e. The van der Waals surface area contributed by atoms with Gasteiger partial charge in [-0.25, -0.2) is 0 Å². The van der Waals surface area contributed by atoms with E-state index in [2.05, 4.69) is 22.4 Å². The second kappa shape index (κ2) is 6.07. The fourth-order valence-electron chi connectivity index (χ4n) is 4.27. The van der Waals surface area contributed by atoms with E-state index < -0.39 is 0 Å². The van der Waals surface area contributed by atoms with Crippen LogP contribution in [0.5, 0.6) is 0 Å². The number of carbonyl (C=O) groups excluding carboxylic acids is 1. The van der Waals surface area contributed by atoms with Crippen LogP contribution in [0.1, 0.15) is 44.4 Å². The third kappa shape index (κ3) is 2.59. The lowest BCUT2D eigenvalue weighted by Crippen LogP contribution is -2.37. The molecule has 2 aromatic heterocycles. The van der Waals surface area contributed by atoms with Crippen molar-refractivity contribution in [1.29, 1.82) is 0 Å². The van der Waals surface area contributed by atoms with Crippen LogP contribution in [0, 0.1) is 17.8 Å². The summed E-state index contributed by atoms with van der Waals surface area (Å²) in [6.45, 7) is 2.81. The molecule has 5 nitrogen and oxygen atoms in total. The van der Waals surface area contributed by atoms with Crippen molar-refractivity contribution >= 4 is 17.2 Å². The summed E-state index contributed by atoms with van der Waals surface area (Å²) in [4.78, 5) is 17.2. The van der Waals surface area contributed by atoms with Gasteiger partial charge in [0.05, 0.1) is 11.8 Å². The molecular formula is C17H21N3O2S. The Kier molecular flexibility index (Phi) is 3.93. The van der Waals surface area contributed by atoms with E-state index in [0.717, 1.165) is 31.4 Å². The first kappa shape index (κ1) is 14.9. The average molecular weight is 331 g/mol. The van der Waals surface area contributed by atoms with E-state index in [1.54, 1.807) is 11.3 Å². The largest absolute Gasteiger partial charge is 0.356 e. The molecule has 0 saturated heterocycles. The lowest BCUT2D eigenvalue weighted by molar-refractivity contribution is -0.127. The van der Waals surface area contributed by atoms with Gasteiger partial charge >= 0.3 is 0 Å². The Morgan fingerprint density at radius 3 is 3.09 bits per heavy atom. The van der Waals surface area contributed by atoms with Crippen molar-refractivity contribution in [2.24, 2.45) is 17.8 Å². The number of nitrogens with one attached hydrogen (secondary N) is 1. The molecule has 2 aliphatic carbocycles. The second-order valence-corrected chi connectivity index (χ2v) is 7.42. The van der Waals surface area contributed by atoms with Gasteiger partial charge in [0.25, 0.3) is 0 Å². The Balaban J connectivity index is 1.60. The molecule has 0 radical (unpaired) electrons. The summed E-state index contributed by atoms with van der Waals surface area (Å²) in [6.07, 6.45) is 4.39. The monoisotopic (exact) mass is 331 g/mol. The molecule has 122 valence electrons. The normalized spacial score (nSPS) is 29.1. The first-order valence-electron chi connectivity index (χ1n) is 8.41. The van der Waals surface area contributed by atoms with Crippen LogP contribution in [0.15, 0.2) is 21.3 Å². The van der Waals surface area contributed by atoms with Crippen LogP contribution in [0.2, 0.25) is 0 Å². The molecule has 6 heteroatoms. The van der Waals surface area contributed by atoms with Crippen molar-refractivity contribution in [3.63, 3.8) is 0 Å². The maximum absolute atomic E-state index is 12.6. The van der Waals surface area contributed by atoms with Crippen LogP contribution in [-0.2, 0) is 4.79 Å². The van der Waals surface area contributed by atoms with Crippen LogP contribution in [-0.4, -0.2) is 22.6 Å². The molecule has 2 bridgehead atoms. The lowest BCUT2D eigenvalue weighted by Gasteiger charge is -2.27. The van der Waals surface area contributed by atoms with Gasteiger partial charge in [-0.3, -0.25) is 4.79 Å². The minimum atomic E-state index is -0.00363. The SMILES string of the molecule is CCCNC(=O)[C@H]1[C@H]2CC[C@H](C2)[C@@H]1c1nc(-c2ccsc2)no1. The van der Waals surface area contributed by atoms with E-state index >= 15 is 0 Å². The summed E-state index contributed by atoms with van der Waals surface area (Å²) in [5.41, 5.74) is 0.986. The molecule has 1 N–H and O–H groups in total. The molecule has 0 unspecified atom stereocenters. The highest BCUT2D eigenvalue weighted by Gasteiger charge is 2.53. The second-order valence-electron chi connectivity index (χ2n) is 6.64. The predicted octanol–water partition coefficient (Wildman–Crippen LogP) is 3.45. The highest BCUT2D eigenvalue weighted by Crippen LogP contribution is 2.56. The predicted molar refractivity (Wildman–Crippen MR) is 88.0 cm³/mol. The van der Waals surface area contributed by atoms with Crippen molar-refractivity contribution in [2.45, 2.75) is 38.5 Å². The van der Waals surface area contributed by atoms with Gasteiger partial charge in [-0.1, -0.05) is 12.1 Å². The minimum absolute atomic E-state index is 0.00363. The number of rotatable bonds is 5. The number of carbonyl (C=O) groups is 1. The zero-order chi connectivity index (χ0) is 15.8. The van der Waals surface area contributed by atoms with Gasteiger partial charge in [-0.05, 0) is 49.0 Å². The van der Waals surface area contributed by atoms with Gasteiger partial charge in [0.2, 0.25) is 17.6 Å². The first-order chi connectivity index (χ1) is 11.3. The number of hydrogen-bond donors (Lipinski definition) is 1. The van der Waals surface area contributed by atoms with Crippen molar-refractivity contribution in [2.75, 3.05) is 6.54 Å². The summed E-state index contributed by atoms with van der Waals surface area (Å²) in [5, 5.41) is 11.2. The topological polar surface area (TPSA) is 68.0 Å². The zero-order valence-corrected chi connectivity index (χ0v) is 14.0. The van der Waals surface area contributed by atoms with Crippen molar-refractivity contribution < 1.29 is 9.32 Å². The van der Waals surface area contributed by atoms with Gasteiger partial charge in [-0.15, -0.1) is 0 Å². The third-order valence-corrected chi connectivity index (χ3v) is 5.96. The standard InChI is InChI=1S/C17H21N3O2S/c1-2-6-18-16(21)13-10-3-4-11(8-10)14(13)17-19-15(20-22-17)12-5-7-23-9-12/h5,7,9-11,13-14H,2-4,6,8H2,1H3,(H,18,21)/t10-,11+,13-,14-/m0/s1. The number of hydrogen-bond acceptors (Lipinski definition) is 5. The van der Waals surface area contributed by atoms with E-state index in [0.29, 0.717) is 23.6 Å². The van der Waals surface area contributed by atoms with E-state index in [1.807, 2.05) is 16.8 Å². The van der Waals surface area contributed by atoms with Crippen molar-refractivity contribution in [3.05, 3.63) is 22.7 Å². The van der Waals surface area contributed by atoms with Gasteiger partial charge in [-0.2, -0.15) is 16.3 Å². The Labute approximate surface area is 139 Å². The van der Waals surface area contributed by atoms with E-state index in [1.165, 1.54) is 6.42 Å². The summed E-state index contributed by atoms with van der Waals surface area (Å²) < 4.78 is 5.57. The molecule has 2 aliphatic rings. The highest BCUT2D eigenvalue weighted by molar-refractivity contribution is 7.08. The number of nitrogens with zero attached hydrogens (tertiary/aromatic N) is 2. The Morgan fingerprint density at radius 2 is 2.30 bits per heavy atom. The molecule has 2 saturated carbocycles. The number of fused-ring (bicyclic) bond motifs is 2. The van der Waals surface area contributed by atoms with Crippen LogP contribution in [0.4, 0.5) is 0 Å². The lowest BCUT2D eigenvalue weighted by atomic mass is 9.78. The van der Waals surface area contributed by atoms with Crippen molar-refractivity contribution in [1.82, 2.24) is 15.5 Å². The molecule has 0 aliphatic heterocycles. The van der Waals surface area contributed by atoms with Crippen LogP contribution < -0.4 is 5.32 Å². The number of amides is 1. The van der Waals surface area contributed by atoms with Crippen molar-refractivity contribution in [3.8, 4) is 11.4 Å². The zero-order valence-electron chi connectivity index (χ0n) is 13.2. The maximum Gasteiger partial charge on any atom is 0.231 e. The molecule has 2 fully saturated rings. The molecule has 2 aromatic rings. The molecule has 1 amide bonds. The van der Waals surface area contributed by atoms with E-state index in [9.17, 15) is 4.79 Å². The number of thiophene rings is 1. The molecule has 4 atom stereocenters. The fourth-order valence-corrected chi connectivity index (χ4v) is 4.90. The van der Waals surface area contributed by atoms with Gasteiger partial charge < -0.3 is 9.84 Å². The molecule has 0 spiro atoms. The molecule has 2 heterocycles. The summed E-state index contributed by atoms with van der Waals surface area (Å²) in [5.74, 6) is 2.51. The Hall–Kier alpha value is -1.69. The third-order valence-electron chi connectivity index (χ3n) is 5.27. The summed E-state index contributed by atoms with van der Waals surface area (Å²) in [6, 6.07) is 1.99. The Bertz CT molecular complexity index is 682. The van der Waals surface area contributed by atoms with Gasteiger partial charge in [0.15, 0.2) is 0 Å². The molecular weight excluding hydrogens is 310 g/mol. The van der Waals surface area contributed by atoms with Gasteiger partial charge in [0, 0.05) is 17.5 Å². The quantitative estimate of drug-likeness (QED) is 0.911. The smallest absolute Gasteiger partial charge is 0.231 e. The molecule has 0 aromatic carbocycles. The molecule has 4 rings (SSSR count). The van der Waals surface area contributed by atoms with Crippen LogP contribution in [0.25, 0.3) is 11.4 Å². The van der Waals surface area contributed by atoms with Crippen LogP contribution >= 0.6 is 11.3 Å². The van der Waals surface area contributed by atoms with E-state index in [-0.39, 0.29) is 17.7 Å². The molecule has 23 heavy (non-hydrogen) atoms. The first-order valence-corrected chi connectivity index (χ1v) is 9.36. The fraction of sp³-hybridized carbons (Fsp3) is 0.588. The number of aromatic nitrogens is 2. The Morgan fingerprint density at radius 1 is 1.43 bits per heavy atom. The highest BCUT2D eigenvalue weighted by atomic mass is 32.1. The average Bonchev–Trinajstić information content (AvgIpc) is 3.34. The maximum atomic E-state index is 12.6.